The van der Waals surface area contributed by atoms with Gasteiger partial charge in [-0.1, -0.05) is 43.2 Å². The summed E-state index contributed by atoms with van der Waals surface area (Å²) in [5.74, 6) is 1.86. The molecule has 186 valence electrons. The summed E-state index contributed by atoms with van der Waals surface area (Å²) in [7, 11) is 1.89. The van der Waals surface area contributed by atoms with Gasteiger partial charge in [-0.2, -0.15) is 0 Å². The molecule has 0 aromatic heterocycles. The van der Waals surface area contributed by atoms with Gasteiger partial charge in [-0.15, -0.1) is 24.0 Å². The quantitative estimate of drug-likeness (QED) is 0.252. The number of nitrogens with one attached hydrogen (secondary N) is 3. The van der Waals surface area contributed by atoms with Crippen molar-refractivity contribution in [2.24, 2.45) is 10.9 Å². The second-order valence-corrected chi connectivity index (χ2v) is 10.1. The summed E-state index contributed by atoms with van der Waals surface area (Å²) in [4.78, 5) is 7.21. The van der Waals surface area contributed by atoms with E-state index in [0.717, 1.165) is 51.0 Å². The lowest BCUT2D eigenvalue weighted by Gasteiger charge is -2.41. The van der Waals surface area contributed by atoms with E-state index in [2.05, 4.69) is 63.1 Å². The molecule has 3 fully saturated rings. The summed E-state index contributed by atoms with van der Waals surface area (Å²) < 4.78 is 5.70. The standard InChI is InChI=1S/C26H43N5O.HI/c1-21(23-10-4-3-5-11-23)30-26(13-16-32-17-14-26)20-28-25(27-2)29-24-12-15-31(19-24)18-22-8-6-7-9-22;/h3-5,10-11,21-22,24,30H,6-9,12-20H2,1-2H3,(H2,27,28,29);1H. The molecule has 3 N–H and O–H groups in total. The Kier molecular flexibility index (Phi) is 10.7. The molecule has 0 spiro atoms. The lowest BCUT2D eigenvalue weighted by Crippen LogP contribution is -2.59. The highest BCUT2D eigenvalue weighted by atomic mass is 127. The van der Waals surface area contributed by atoms with Crippen molar-refractivity contribution in [3.8, 4) is 0 Å². The first-order valence-electron chi connectivity index (χ1n) is 12.8. The van der Waals surface area contributed by atoms with E-state index in [1.54, 1.807) is 0 Å². The number of rotatable bonds is 8. The molecule has 0 bridgehead atoms. The van der Waals surface area contributed by atoms with Crippen LogP contribution < -0.4 is 16.0 Å². The van der Waals surface area contributed by atoms with E-state index in [1.165, 1.54) is 50.8 Å². The second-order valence-electron chi connectivity index (χ2n) is 10.1. The van der Waals surface area contributed by atoms with Crippen molar-refractivity contribution in [2.45, 2.75) is 69.5 Å². The van der Waals surface area contributed by atoms with Crippen molar-refractivity contribution in [3.05, 3.63) is 35.9 Å². The summed E-state index contributed by atoms with van der Waals surface area (Å²) >= 11 is 0. The molecule has 1 saturated carbocycles. The SMILES string of the molecule is CN=C(NCC1(NC(C)c2ccccc2)CCOCC1)NC1CCN(CC2CCCC2)C1.I. The van der Waals surface area contributed by atoms with Crippen LogP contribution in [0.1, 0.15) is 63.5 Å². The molecule has 2 unspecified atom stereocenters. The zero-order valence-corrected chi connectivity index (χ0v) is 22.9. The smallest absolute Gasteiger partial charge is 0.191 e. The minimum Gasteiger partial charge on any atom is -0.381 e. The van der Waals surface area contributed by atoms with Crippen LogP contribution in [0, 0.1) is 5.92 Å². The molecule has 3 aliphatic rings. The molecule has 0 amide bonds. The Morgan fingerprint density at radius 1 is 1.15 bits per heavy atom. The molecule has 1 aromatic carbocycles. The number of hydrogen-bond acceptors (Lipinski definition) is 4. The number of aliphatic imine (C=N–C) groups is 1. The van der Waals surface area contributed by atoms with Gasteiger partial charge >= 0.3 is 0 Å². The molecule has 2 atom stereocenters. The Labute approximate surface area is 217 Å². The minimum absolute atomic E-state index is 0. The van der Waals surface area contributed by atoms with E-state index in [-0.39, 0.29) is 29.5 Å². The van der Waals surface area contributed by atoms with Gasteiger partial charge in [-0.25, -0.2) is 0 Å². The van der Waals surface area contributed by atoms with E-state index >= 15 is 0 Å². The second kappa shape index (κ2) is 13.3. The molecule has 0 radical (unpaired) electrons. The Bertz CT molecular complexity index is 719. The highest BCUT2D eigenvalue weighted by Gasteiger charge is 2.34. The predicted molar refractivity (Wildman–Crippen MR) is 147 cm³/mol. The van der Waals surface area contributed by atoms with Crippen LogP contribution in [0.2, 0.25) is 0 Å². The third-order valence-corrected chi connectivity index (χ3v) is 7.69. The van der Waals surface area contributed by atoms with Crippen molar-refractivity contribution in [1.29, 1.82) is 0 Å². The molecular weight excluding hydrogens is 525 g/mol. The van der Waals surface area contributed by atoms with E-state index in [4.69, 9.17) is 4.74 Å². The number of hydrogen-bond donors (Lipinski definition) is 3. The fraction of sp³-hybridized carbons (Fsp3) is 0.731. The molecule has 1 aliphatic carbocycles. The maximum Gasteiger partial charge on any atom is 0.191 e. The number of nitrogens with zero attached hydrogens (tertiary/aromatic N) is 2. The van der Waals surface area contributed by atoms with Gasteiger partial charge in [-0.3, -0.25) is 4.99 Å². The highest BCUT2D eigenvalue weighted by molar-refractivity contribution is 14.0. The van der Waals surface area contributed by atoms with Crippen LogP contribution in [-0.2, 0) is 4.74 Å². The fourth-order valence-corrected chi connectivity index (χ4v) is 5.73. The Balaban J connectivity index is 0.00000306. The van der Waals surface area contributed by atoms with Gasteiger partial charge in [0.25, 0.3) is 0 Å². The number of ether oxygens (including phenoxy) is 1. The van der Waals surface area contributed by atoms with Gasteiger partial charge < -0.3 is 25.6 Å². The Morgan fingerprint density at radius 2 is 1.88 bits per heavy atom. The molecule has 4 rings (SSSR count). The minimum atomic E-state index is 0. The van der Waals surface area contributed by atoms with Gasteiger partial charge in [0, 0.05) is 64.1 Å². The van der Waals surface area contributed by atoms with Crippen LogP contribution in [0.15, 0.2) is 35.3 Å². The molecule has 6 nitrogen and oxygen atoms in total. The zero-order chi connectivity index (χ0) is 22.2. The maximum absolute atomic E-state index is 5.70. The number of likely N-dealkylation sites (tertiary alicyclic amines) is 1. The molecule has 7 heteroatoms. The molecular formula is C26H44IN5O. The maximum atomic E-state index is 5.70. The molecule has 2 heterocycles. The van der Waals surface area contributed by atoms with Gasteiger partial charge in [0.15, 0.2) is 5.96 Å². The van der Waals surface area contributed by atoms with Gasteiger partial charge in [0.1, 0.15) is 0 Å². The van der Waals surface area contributed by atoms with Gasteiger partial charge in [0.05, 0.1) is 0 Å². The van der Waals surface area contributed by atoms with Crippen LogP contribution in [0.5, 0.6) is 0 Å². The van der Waals surface area contributed by atoms with E-state index in [0.29, 0.717) is 12.1 Å². The summed E-state index contributed by atoms with van der Waals surface area (Å²) in [6.07, 6.45) is 8.94. The molecule has 2 saturated heterocycles. The highest BCUT2D eigenvalue weighted by Crippen LogP contribution is 2.27. The predicted octanol–water partition coefficient (Wildman–Crippen LogP) is 3.93. The zero-order valence-electron chi connectivity index (χ0n) is 20.5. The number of halogens is 1. The van der Waals surface area contributed by atoms with Crippen LogP contribution in [-0.4, -0.2) is 68.9 Å². The lowest BCUT2D eigenvalue weighted by molar-refractivity contribution is 0.0354. The van der Waals surface area contributed by atoms with Crippen molar-refractivity contribution < 1.29 is 4.74 Å². The lowest BCUT2D eigenvalue weighted by atomic mass is 9.88. The van der Waals surface area contributed by atoms with E-state index in [9.17, 15) is 0 Å². The van der Waals surface area contributed by atoms with Crippen molar-refractivity contribution in [2.75, 3.05) is 46.4 Å². The number of guanidine groups is 1. The van der Waals surface area contributed by atoms with Crippen LogP contribution in [0.3, 0.4) is 0 Å². The monoisotopic (exact) mass is 569 g/mol. The first kappa shape index (κ1) is 26.7. The summed E-state index contributed by atoms with van der Waals surface area (Å²) in [5, 5.41) is 11.3. The van der Waals surface area contributed by atoms with Crippen molar-refractivity contribution in [3.63, 3.8) is 0 Å². The average Bonchev–Trinajstić information content (AvgIpc) is 3.50. The first-order chi connectivity index (χ1) is 15.7. The topological polar surface area (TPSA) is 60.9 Å². The summed E-state index contributed by atoms with van der Waals surface area (Å²) in [6.45, 7) is 8.36. The van der Waals surface area contributed by atoms with Gasteiger partial charge in [-0.05, 0) is 50.5 Å². The first-order valence-corrected chi connectivity index (χ1v) is 12.8. The average molecular weight is 570 g/mol. The Hall–Kier alpha value is -0.900. The summed E-state index contributed by atoms with van der Waals surface area (Å²) in [5.41, 5.74) is 1.34. The third kappa shape index (κ3) is 7.80. The number of benzene rings is 1. The van der Waals surface area contributed by atoms with E-state index in [1.807, 2.05) is 7.05 Å². The van der Waals surface area contributed by atoms with Crippen molar-refractivity contribution >= 4 is 29.9 Å². The Morgan fingerprint density at radius 3 is 2.58 bits per heavy atom. The molecule has 2 aliphatic heterocycles. The van der Waals surface area contributed by atoms with Crippen LogP contribution >= 0.6 is 24.0 Å². The van der Waals surface area contributed by atoms with Crippen molar-refractivity contribution in [1.82, 2.24) is 20.9 Å². The third-order valence-electron chi connectivity index (χ3n) is 7.69. The largest absolute Gasteiger partial charge is 0.381 e. The van der Waals surface area contributed by atoms with E-state index < -0.39 is 0 Å². The fourth-order valence-electron chi connectivity index (χ4n) is 5.73. The molecule has 1 aromatic rings. The normalized spacial score (nSPS) is 24.9. The van der Waals surface area contributed by atoms with Crippen LogP contribution in [0.4, 0.5) is 0 Å². The molecule has 33 heavy (non-hydrogen) atoms. The van der Waals surface area contributed by atoms with Gasteiger partial charge in [0.2, 0.25) is 0 Å². The summed E-state index contributed by atoms with van der Waals surface area (Å²) in [6, 6.07) is 11.5. The van der Waals surface area contributed by atoms with Crippen LogP contribution in [0.25, 0.3) is 0 Å².